The quantitative estimate of drug-likeness (QED) is 0.798. The number of nitrogens with one attached hydrogen (secondary N) is 1. The second-order valence-electron chi connectivity index (χ2n) is 6.70. The lowest BCUT2D eigenvalue weighted by Gasteiger charge is -2.34. The molecule has 0 bridgehead atoms. The monoisotopic (exact) mass is 406 g/mol. The number of hydrogen-bond donors (Lipinski definition) is 1. The van der Waals surface area contributed by atoms with E-state index in [-0.39, 0.29) is 17.2 Å². The van der Waals surface area contributed by atoms with Gasteiger partial charge in [0, 0.05) is 24.7 Å². The maximum atomic E-state index is 13.2. The lowest BCUT2D eigenvalue weighted by atomic mass is 10.0. The van der Waals surface area contributed by atoms with Gasteiger partial charge in [0.05, 0.1) is 12.0 Å². The highest BCUT2D eigenvalue weighted by molar-refractivity contribution is 7.89. The Balaban J connectivity index is 1.71. The van der Waals surface area contributed by atoms with Crippen molar-refractivity contribution in [2.24, 2.45) is 0 Å². The molecule has 2 aromatic carbocycles. The minimum atomic E-state index is -3.79. The number of nitrogens with zero attached hydrogens (tertiary/aromatic N) is 1. The third kappa shape index (κ3) is 4.69. The van der Waals surface area contributed by atoms with Crippen LogP contribution in [0.2, 0.25) is 0 Å². The minimum Gasteiger partial charge on any atom is -0.497 e. The van der Waals surface area contributed by atoms with Crippen LogP contribution in [-0.2, 0) is 14.8 Å². The van der Waals surface area contributed by atoms with Crippen LogP contribution < -0.4 is 10.1 Å². The van der Waals surface area contributed by atoms with Gasteiger partial charge in [0.2, 0.25) is 15.9 Å². The molecule has 8 heteroatoms. The fraction of sp³-hybridized carbons (Fsp3) is 0.350. The first-order valence-corrected chi connectivity index (χ1v) is 10.6. The number of halogens is 1. The Morgan fingerprint density at radius 2 is 1.82 bits per heavy atom. The van der Waals surface area contributed by atoms with Crippen molar-refractivity contribution in [3.8, 4) is 5.75 Å². The molecule has 1 aliphatic heterocycles. The van der Waals surface area contributed by atoms with Crippen LogP contribution in [0.25, 0.3) is 0 Å². The topological polar surface area (TPSA) is 75.7 Å². The van der Waals surface area contributed by atoms with Crippen molar-refractivity contribution in [1.82, 2.24) is 4.31 Å². The fourth-order valence-electron chi connectivity index (χ4n) is 3.34. The minimum absolute atomic E-state index is 0.0383. The summed E-state index contributed by atoms with van der Waals surface area (Å²) < 4.78 is 45.6. The van der Waals surface area contributed by atoms with E-state index >= 15 is 0 Å². The highest BCUT2D eigenvalue weighted by Gasteiger charge is 2.34. The average molecular weight is 406 g/mol. The smallest absolute Gasteiger partial charge is 0.243 e. The lowest BCUT2D eigenvalue weighted by molar-refractivity contribution is -0.117. The molecule has 150 valence electrons. The molecule has 1 N–H and O–H groups in total. The number of benzene rings is 2. The van der Waals surface area contributed by atoms with Crippen LogP contribution in [0.3, 0.4) is 0 Å². The zero-order valence-corrected chi connectivity index (χ0v) is 16.4. The average Bonchev–Trinajstić information content (AvgIpc) is 2.69. The molecule has 0 spiro atoms. The first kappa shape index (κ1) is 20.3. The van der Waals surface area contributed by atoms with Crippen molar-refractivity contribution in [2.45, 2.75) is 36.6 Å². The number of carbonyl (C=O) groups is 1. The molecule has 0 radical (unpaired) electrons. The number of carbonyl (C=O) groups excluding carboxylic acids is 1. The molecule has 0 aliphatic carbocycles. The van der Waals surface area contributed by atoms with Gasteiger partial charge in [0.1, 0.15) is 11.6 Å². The van der Waals surface area contributed by atoms with Gasteiger partial charge in [-0.25, -0.2) is 12.8 Å². The van der Waals surface area contributed by atoms with Gasteiger partial charge in [0.25, 0.3) is 0 Å². The van der Waals surface area contributed by atoms with Gasteiger partial charge in [-0.1, -0.05) is 6.42 Å². The van der Waals surface area contributed by atoms with Crippen molar-refractivity contribution in [1.29, 1.82) is 0 Å². The standard InChI is InChI=1S/C20H23FN2O4S/c1-27-18-9-7-16(8-10-18)22-20(24)14-17-4-2-3-13-23(17)28(25,26)19-11-5-15(21)6-12-19/h5-12,17H,2-4,13-14H2,1H3,(H,22,24). The molecule has 1 saturated heterocycles. The van der Waals surface area contributed by atoms with E-state index in [1.54, 1.807) is 31.4 Å². The van der Waals surface area contributed by atoms with Crippen LogP contribution in [0.15, 0.2) is 53.4 Å². The lowest BCUT2D eigenvalue weighted by Crippen LogP contribution is -2.45. The first-order valence-electron chi connectivity index (χ1n) is 9.11. The summed E-state index contributed by atoms with van der Waals surface area (Å²) in [6.45, 7) is 0.347. The Hall–Kier alpha value is -2.45. The van der Waals surface area contributed by atoms with Gasteiger partial charge in [-0.3, -0.25) is 4.79 Å². The predicted octanol–water partition coefficient (Wildman–Crippen LogP) is 3.41. The number of amides is 1. The van der Waals surface area contributed by atoms with Gasteiger partial charge in [-0.2, -0.15) is 4.31 Å². The summed E-state index contributed by atoms with van der Waals surface area (Å²) >= 11 is 0. The van der Waals surface area contributed by atoms with E-state index < -0.39 is 21.9 Å². The number of anilines is 1. The van der Waals surface area contributed by atoms with Gasteiger partial charge >= 0.3 is 0 Å². The van der Waals surface area contributed by atoms with E-state index in [2.05, 4.69) is 5.32 Å². The third-order valence-electron chi connectivity index (χ3n) is 4.79. The first-order chi connectivity index (χ1) is 13.4. The van der Waals surface area contributed by atoms with Crippen LogP contribution in [-0.4, -0.2) is 38.3 Å². The molecule has 1 unspecified atom stereocenters. The Morgan fingerprint density at radius 3 is 2.46 bits per heavy atom. The van der Waals surface area contributed by atoms with E-state index in [4.69, 9.17) is 4.74 Å². The van der Waals surface area contributed by atoms with Crippen LogP contribution in [0.4, 0.5) is 10.1 Å². The van der Waals surface area contributed by atoms with E-state index in [1.807, 2.05) is 0 Å². The zero-order chi connectivity index (χ0) is 20.1. The summed E-state index contributed by atoms with van der Waals surface area (Å²) in [6.07, 6.45) is 2.26. The number of hydrogen-bond acceptors (Lipinski definition) is 4. The molecule has 3 rings (SSSR count). The molecule has 0 aromatic heterocycles. The van der Waals surface area contributed by atoms with E-state index in [0.717, 1.165) is 25.0 Å². The predicted molar refractivity (Wildman–Crippen MR) is 104 cm³/mol. The Kier molecular flexibility index (Phi) is 6.31. The zero-order valence-electron chi connectivity index (χ0n) is 15.6. The molecule has 0 saturated carbocycles. The van der Waals surface area contributed by atoms with Crippen molar-refractivity contribution in [3.63, 3.8) is 0 Å². The number of sulfonamides is 1. The summed E-state index contributed by atoms with van der Waals surface area (Å²) in [5.74, 6) is -0.0637. The van der Waals surface area contributed by atoms with Crippen LogP contribution in [0.5, 0.6) is 5.75 Å². The summed E-state index contributed by atoms with van der Waals surface area (Å²) in [7, 11) is -2.22. The van der Waals surface area contributed by atoms with E-state index in [0.29, 0.717) is 24.4 Å². The SMILES string of the molecule is COc1ccc(NC(=O)CC2CCCCN2S(=O)(=O)c2ccc(F)cc2)cc1. The second-order valence-corrected chi connectivity index (χ2v) is 8.59. The van der Waals surface area contributed by atoms with E-state index in [9.17, 15) is 17.6 Å². The highest BCUT2D eigenvalue weighted by atomic mass is 32.2. The van der Waals surface area contributed by atoms with Gasteiger partial charge in [-0.15, -0.1) is 0 Å². The number of rotatable bonds is 6. The van der Waals surface area contributed by atoms with Gasteiger partial charge < -0.3 is 10.1 Å². The van der Waals surface area contributed by atoms with Gasteiger partial charge in [-0.05, 0) is 61.4 Å². The van der Waals surface area contributed by atoms with Crippen LogP contribution in [0, 0.1) is 5.82 Å². The summed E-state index contributed by atoms with van der Waals surface area (Å²) in [5, 5.41) is 2.79. The second kappa shape index (κ2) is 8.70. The van der Waals surface area contributed by atoms with Gasteiger partial charge in [0.15, 0.2) is 0 Å². The van der Waals surface area contributed by atoms with Crippen molar-refractivity contribution >= 4 is 21.6 Å². The molecule has 1 atom stereocenters. The molecular formula is C20H23FN2O4S. The Morgan fingerprint density at radius 1 is 1.14 bits per heavy atom. The van der Waals surface area contributed by atoms with Crippen molar-refractivity contribution in [2.75, 3.05) is 19.0 Å². The Bertz CT molecular complexity index is 914. The molecule has 6 nitrogen and oxygen atoms in total. The summed E-state index contributed by atoms with van der Waals surface area (Å²) in [4.78, 5) is 12.5. The molecule has 1 fully saturated rings. The number of ether oxygens (including phenoxy) is 1. The number of piperidine rings is 1. The van der Waals surface area contributed by atoms with Crippen LogP contribution in [0.1, 0.15) is 25.7 Å². The summed E-state index contributed by atoms with van der Waals surface area (Å²) in [5.41, 5.74) is 0.620. The van der Waals surface area contributed by atoms with Crippen molar-refractivity contribution in [3.05, 3.63) is 54.3 Å². The molecule has 28 heavy (non-hydrogen) atoms. The molecular weight excluding hydrogens is 383 g/mol. The maximum absolute atomic E-state index is 13.2. The molecule has 2 aromatic rings. The largest absolute Gasteiger partial charge is 0.497 e. The maximum Gasteiger partial charge on any atom is 0.243 e. The highest BCUT2D eigenvalue weighted by Crippen LogP contribution is 2.27. The summed E-state index contributed by atoms with van der Waals surface area (Å²) in [6, 6.07) is 11.3. The number of methoxy groups -OCH3 is 1. The third-order valence-corrected chi connectivity index (χ3v) is 6.75. The molecule has 1 amide bonds. The Labute approximate surface area is 164 Å². The van der Waals surface area contributed by atoms with Crippen molar-refractivity contribution < 1.29 is 22.3 Å². The normalized spacial score (nSPS) is 17.9. The van der Waals surface area contributed by atoms with Crippen LogP contribution >= 0.6 is 0 Å². The molecule has 1 heterocycles. The molecule has 1 aliphatic rings. The fourth-order valence-corrected chi connectivity index (χ4v) is 5.03. The van der Waals surface area contributed by atoms with E-state index in [1.165, 1.54) is 16.4 Å².